The van der Waals surface area contributed by atoms with Gasteiger partial charge in [0.05, 0.1) is 22.9 Å². The highest BCUT2D eigenvalue weighted by molar-refractivity contribution is 5.97. The largest absolute Gasteiger partial charge is 0.481 e. The number of hydrogen-bond donors (Lipinski definition) is 2. The number of nitrogens with zero attached hydrogens (tertiary/aromatic N) is 2. The zero-order chi connectivity index (χ0) is 18.7. The number of aryl methyl sites for hydroxylation is 2. The van der Waals surface area contributed by atoms with Gasteiger partial charge in [-0.25, -0.2) is 4.98 Å². The van der Waals surface area contributed by atoms with E-state index in [1.54, 1.807) is 6.92 Å². The summed E-state index contributed by atoms with van der Waals surface area (Å²) in [6.45, 7) is 4.98. The molecule has 0 aliphatic rings. The SMILES string of the molecule is CCn1c(CCNC(=O)c2c(C)coc2CC(=O)O)nc2ccccc21. The van der Waals surface area contributed by atoms with Crippen LogP contribution in [0.2, 0.25) is 0 Å². The Hall–Kier alpha value is -3.09. The second-order valence-corrected chi connectivity index (χ2v) is 6.05. The van der Waals surface area contributed by atoms with E-state index in [0.29, 0.717) is 24.1 Å². The summed E-state index contributed by atoms with van der Waals surface area (Å²) in [7, 11) is 0. The number of furan rings is 1. The fourth-order valence-corrected chi connectivity index (χ4v) is 3.12. The standard InChI is InChI=1S/C19H21N3O4/c1-3-22-14-7-5-4-6-13(14)21-16(22)8-9-20-19(25)18-12(2)11-26-15(18)10-17(23)24/h4-7,11H,3,8-10H2,1-2H3,(H,20,25)(H,23,24). The monoisotopic (exact) mass is 355 g/mol. The molecule has 0 radical (unpaired) electrons. The minimum Gasteiger partial charge on any atom is -0.481 e. The van der Waals surface area contributed by atoms with Gasteiger partial charge in [0.15, 0.2) is 0 Å². The number of rotatable bonds is 7. The molecular weight excluding hydrogens is 334 g/mol. The zero-order valence-electron chi connectivity index (χ0n) is 14.8. The number of benzene rings is 1. The van der Waals surface area contributed by atoms with Crippen molar-refractivity contribution in [2.24, 2.45) is 0 Å². The number of fused-ring (bicyclic) bond motifs is 1. The quantitative estimate of drug-likeness (QED) is 0.679. The average molecular weight is 355 g/mol. The first kappa shape index (κ1) is 17.7. The molecule has 0 spiro atoms. The van der Waals surface area contributed by atoms with E-state index < -0.39 is 5.97 Å². The number of amides is 1. The Balaban J connectivity index is 1.70. The molecule has 26 heavy (non-hydrogen) atoms. The summed E-state index contributed by atoms with van der Waals surface area (Å²) in [6, 6.07) is 7.93. The van der Waals surface area contributed by atoms with Gasteiger partial charge in [0.25, 0.3) is 5.91 Å². The summed E-state index contributed by atoms with van der Waals surface area (Å²) < 4.78 is 7.34. The van der Waals surface area contributed by atoms with Gasteiger partial charge in [0, 0.05) is 25.1 Å². The maximum atomic E-state index is 12.5. The molecule has 0 fully saturated rings. The van der Waals surface area contributed by atoms with Crippen LogP contribution in [0.3, 0.4) is 0 Å². The summed E-state index contributed by atoms with van der Waals surface area (Å²) in [5.74, 6) is -0.284. The summed E-state index contributed by atoms with van der Waals surface area (Å²) in [4.78, 5) is 28.0. The third kappa shape index (κ3) is 3.46. The molecule has 3 aromatic rings. The molecule has 0 atom stereocenters. The Labute approximate surface area is 150 Å². The van der Waals surface area contributed by atoms with Gasteiger partial charge in [-0.3, -0.25) is 9.59 Å². The lowest BCUT2D eigenvalue weighted by Crippen LogP contribution is -2.27. The van der Waals surface area contributed by atoms with Crippen molar-refractivity contribution >= 4 is 22.9 Å². The van der Waals surface area contributed by atoms with E-state index in [0.717, 1.165) is 23.4 Å². The van der Waals surface area contributed by atoms with E-state index in [9.17, 15) is 9.59 Å². The van der Waals surface area contributed by atoms with Crippen molar-refractivity contribution in [2.75, 3.05) is 6.54 Å². The van der Waals surface area contributed by atoms with Crippen LogP contribution in [-0.2, 0) is 24.2 Å². The molecule has 0 saturated carbocycles. The van der Waals surface area contributed by atoms with E-state index in [4.69, 9.17) is 9.52 Å². The molecule has 1 aromatic carbocycles. The highest BCUT2D eigenvalue weighted by Crippen LogP contribution is 2.18. The van der Waals surface area contributed by atoms with Crippen LogP contribution in [0, 0.1) is 6.92 Å². The number of carbonyl (C=O) groups is 2. The lowest BCUT2D eigenvalue weighted by Gasteiger charge is -2.08. The molecule has 3 rings (SSSR count). The summed E-state index contributed by atoms with van der Waals surface area (Å²) in [5.41, 5.74) is 2.94. The fraction of sp³-hybridized carbons (Fsp3) is 0.316. The van der Waals surface area contributed by atoms with Crippen molar-refractivity contribution in [2.45, 2.75) is 33.2 Å². The molecular formula is C19H21N3O4. The van der Waals surface area contributed by atoms with E-state index >= 15 is 0 Å². The van der Waals surface area contributed by atoms with E-state index in [1.807, 2.05) is 24.3 Å². The number of aromatic nitrogens is 2. The summed E-state index contributed by atoms with van der Waals surface area (Å²) >= 11 is 0. The number of carbonyl (C=O) groups excluding carboxylic acids is 1. The van der Waals surface area contributed by atoms with Gasteiger partial charge in [0.1, 0.15) is 18.0 Å². The first-order valence-electron chi connectivity index (χ1n) is 8.52. The van der Waals surface area contributed by atoms with Crippen molar-refractivity contribution in [1.29, 1.82) is 0 Å². The molecule has 0 bridgehead atoms. The molecule has 2 heterocycles. The molecule has 1 amide bonds. The number of carboxylic acid groups (broad SMARTS) is 1. The van der Waals surface area contributed by atoms with E-state index in [1.165, 1.54) is 6.26 Å². The molecule has 0 aliphatic carbocycles. The van der Waals surface area contributed by atoms with Crippen LogP contribution < -0.4 is 5.32 Å². The number of imidazole rings is 1. The summed E-state index contributed by atoms with van der Waals surface area (Å²) in [5, 5.41) is 11.8. The first-order valence-corrected chi connectivity index (χ1v) is 8.52. The Morgan fingerprint density at radius 3 is 2.81 bits per heavy atom. The van der Waals surface area contributed by atoms with Gasteiger partial charge in [-0.15, -0.1) is 0 Å². The van der Waals surface area contributed by atoms with Gasteiger partial charge in [-0.05, 0) is 26.0 Å². The molecule has 0 aliphatic heterocycles. The van der Waals surface area contributed by atoms with Crippen LogP contribution in [-0.4, -0.2) is 33.1 Å². The van der Waals surface area contributed by atoms with E-state index in [2.05, 4.69) is 21.8 Å². The fourth-order valence-electron chi connectivity index (χ4n) is 3.12. The number of aliphatic carboxylic acids is 1. The molecule has 2 N–H and O–H groups in total. The highest BCUT2D eigenvalue weighted by Gasteiger charge is 2.20. The van der Waals surface area contributed by atoms with Crippen molar-refractivity contribution in [3.8, 4) is 0 Å². The minimum absolute atomic E-state index is 0.174. The lowest BCUT2D eigenvalue weighted by atomic mass is 10.1. The van der Waals surface area contributed by atoms with Gasteiger partial charge in [-0.1, -0.05) is 12.1 Å². The van der Waals surface area contributed by atoms with Crippen molar-refractivity contribution in [3.63, 3.8) is 0 Å². The van der Waals surface area contributed by atoms with Crippen molar-refractivity contribution in [3.05, 3.63) is 53.2 Å². The molecule has 7 nitrogen and oxygen atoms in total. The maximum Gasteiger partial charge on any atom is 0.311 e. The van der Waals surface area contributed by atoms with Crippen LogP contribution in [0.25, 0.3) is 11.0 Å². The first-order chi connectivity index (χ1) is 12.5. The second kappa shape index (κ2) is 7.43. The smallest absolute Gasteiger partial charge is 0.311 e. The van der Waals surface area contributed by atoms with Crippen molar-refractivity contribution in [1.82, 2.24) is 14.9 Å². The lowest BCUT2D eigenvalue weighted by molar-refractivity contribution is -0.136. The molecule has 7 heteroatoms. The van der Waals surface area contributed by atoms with Crippen LogP contribution in [0.15, 0.2) is 34.9 Å². The predicted molar refractivity (Wildman–Crippen MR) is 96.2 cm³/mol. The zero-order valence-corrected chi connectivity index (χ0v) is 14.8. The Morgan fingerprint density at radius 2 is 2.08 bits per heavy atom. The number of nitrogens with one attached hydrogen (secondary N) is 1. The average Bonchev–Trinajstić information content (AvgIpc) is 3.14. The molecule has 2 aromatic heterocycles. The normalized spacial score (nSPS) is 11.0. The summed E-state index contributed by atoms with van der Waals surface area (Å²) in [6.07, 6.45) is 1.67. The van der Waals surface area contributed by atoms with Crippen LogP contribution in [0.1, 0.15) is 34.4 Å². The number of hydrogen-bond acceptors (Lipinski definition) is 4. The third-order valence-corrected chi connectivity index (χ3v) is 4.27. The van der Waals surface area contributed by atoms with Crippen LogP contribution >= 0.6 is 0 Å². The Kier molecular flexibility index (Phi) is 5.06. The van der Waals surface area contributed by atoms with Gasteiger partial charge in [0.2, 0.25) is 0 Å². The van der Waals surface area contributed by atoms with Gasteiger partial charge < -0.3 is 19.4 Å². The minimum atomic E-state index is -1.04. The molecule has 136 valence electrons. The number of carboxylic acids is 1. The van der Waals surface area contributed by atoms with Crippen LogP contribution in [0.5, 0.6) is 0 Å². The predicted octanol–water partition coefficient (Wildman–Crippen LogP) is 2.56. The maximum absolute atomic E-state index is 12.5. The van der Waals surface area contributed by atoms with E-state index in [-0.39, 0.29) is 18.1 Å². The molecule has 0 saturated heterocycles. The Morgan fingerprint density at radius 1 is 1.31 bits per heavy atom. The highest BCUT2D eigenvalue weighted by atomic mass is 16.4. The topological polar surface area (TPSA) is 97.4 Å². The number of para-hydroxylation sites is 2. The molecule has 0 unspecified atom stereocenters. The second-order valence-electron chi connectivity index (χ2n) is 6.05. The Bertz CT molecular complexity index is 955. The third-order valence-electron chi connectivity index (χ3n) is 4.27. The van der Waals surface area contributed by atoms with Gasteiger partial charge >= 0.3 is 5.97 Å². The van der Waals surface area contributed by atoms with Crippen LogP contribution in [0.4, 0.5) is 0 Å². The van der Waals surface area contributed by atoms with Gasteiger partial charge in [-0.2, -0.15) is 0 Å². The van der Waals surface area contributed by atoms with Crippen molar-refractivity contribution < 1.29 is 19.1 Å².